The maximum Gasteiger partial charge on any atom is 0.223 e. The maximum absolute atomic E-state index is 12.4. The molecule has 6 nitrogen and oxygen atoms in total. The summed E-state index contributed by atoms with van der Waals surface area (Å²) < 4.78 is 5.89. The van der Waals surface area contributed by atoms with Gasteiger partial charge >= 0.3 is 0 Å². The number of nitriles is 1. The molecule has 1 aromatic heterocycles. The quantitative estimate of drug-likeness (QED) is 0.849. The Labute approximate surface area is 143 Å². The highest BCUT2D eigenvalue weighted by Crippen LogP contribution is 2.29. The van der Waals surface area contributed by atoms with Gasteiger partial charge in [-0.3, -0.25) is 4.79 Å². The number of amides is 1. The lowest BCUT2D eigenvalue weighted by atomic mass is 10.2. The molecule has 3 rings (SSSR count). The number of hydrogen-bond acceptors (Lipinski definition) is 5. The molecule has 2 aliphatic heterocycles. The summed E-state index contributed by atoms with van der Waals surface area (Å²) in [5.74, 6) is 1.51. The second-order valence-corrected chi connectivity index (χ2v) is 6.77. The maximum atomic E-state index is 12.4. The first-order valence-corrected chi connectivity index (χ1v) is 9.09. The van der Waals surface area contributed by atoms with Crippen LogP contribution in [0.2, 0.25) is 0 Å². The van der Waals surface area contributed by atoms with Crippen molar-refractivity contribution < 1.29 is 9.21 Å². The zero-order valence-corrected chi connectivity index (χ0v) is 14.5. The minimum Gasteiger partial charge on any atom is -0.425 e. The van der Waals surface area contributed by atoms with E-state index in [0.717, 1.165) is 51.0 Å². The number of aromatic nitrogens is 1. The Morgan fingerprint density at radius 1 is 1.25 bits per heavy atom. The number of carbonyl (C=O) groups is 1. The van der Waals surface area contributed by atoms with Gasteiger partial charge in [0.2, 0.25) is 11.8 Å². The average Bonchev–Trinajstić information content (AvgIpc) is 3.09. The van der Waals surface area contributed by atoms with Crippen molar-refractivity contribution >= 4 is 11.8 Å². The zero-order chi connectivity index (χ0) is 16.9. The van der Waals surface area contributed by atoms with E-state index in [4.69, 9.17) is 4.42 Å². The van der Waals surface area contributed by atoms with Gasteiger partial charge in [-0.25, -0.2) is 4.98 Å². The van der Waals surface area contributed by atoms with E-state index in [9.17, 15) is 10.1 Å². The van der Waals surface area contributed by atoms with E-state index in [-0.39, 0.29) is 11.9 Å². The number of anilines is 1. The topological polar surface area (TPSA) is 73.4 Å². The molecule has 0 bridgehead atoms. The molecule has 2 aliphatic rings. The normalized spacial score (nSPS) is 21.6. The molecule has 0 spiro atoms. The van der Waals surface area contributed by atoms with E-state index in [1.165, 1.54) is 12.8 Å². The largest absolute Gasteiger partial charge is 0.425 e. The van der Waals surface area contributed by atoms with E-state index in [1.807, 2.05) is 16.7 Å². The number of nitrogens with zero attached hydrogens (tertiary/aromatic N) is 4. The molecule has 1 amide bonds. The summed E-state index contributed by atoms with van der Waals surface area (Å²) in [7, 11) is 0. The van der Waals surface area contributed by atoms with Crippen molar-refractivity contribution in [1.29, 1.82) is 5.26 Å². The monoisotopic (exact) mass is 330 g/mol. The van der Waals surface area contributed by atoms with Crippen molar-refractivity contribution in [3.05, 3.63) is 11.6 Å². The number of oxazole rings is 1. The lowest BCUT2D eigenvalue weighted by molar-refractivity contribution is -0.131. The highest BCUT2D eigenvalue weighted by atomic mass is 16.4. The molecule has 130 valence electrons. The van der Waals surface area contributed by atoms with Crippen molar-refractivity contribution in [1.82, 2.24) is 9.88 Å². The van der Waals surface area contributed by atoms with Gasteiger partial charge in [-0.15, -0.1) is 0 Å². The zero-order valence-electron chi connectivity index (χ0n) is 14.5. The van der Waals surface area contributed by atoms with Crippen LogP contribution < -0.4 is 4.90 Å². The van der Waals surface area contributed by atoms with Crippen LogP contribution in [0, 0.1) is 18.3 Å². The van der Waals surface area contributed by atoms with Crippen LogP contribution in [0.3, 0.4) is 0 Å². The first kappa shape index (κ1) is 16.8. The number of rotatable bonds is 4. The number of hydrogen-bond donors (Lipinski definition) is 0. The molecule has 6 heteroatoms. The summed E-state index contributed by atoms with van der Waals surface area (Å²) in [5, 5.41) is 9.23. The summed E-state index contributed by atoms with van der Waals surface area (Å²) in [5.41, 5.74) is 0.814. The van der Waals surface area contributed by atoms with E-state index in [1.54, 1.807) is 0 Å². The summed E-state index contributed by atoms with van der Waals surface area (Å²) in [4.78, 5) is 20.8. The molecule has 1 aromatic rings. The minimum absolute atomic E-state index is 0.122. The summed E-state index contributed by atoms with van der Waals surface area (Å²) in [6, 6.07) is 2.20. The molecule has 0 aromatic carbocycles. The van der Waals surface area contributed by atoms with Crippen LogP contribution in [0.15, 0.2) is 4.42 Å². The van der Waals surface area contributed by atoms with Crippen LogP contribution in [0.25, 0.3) is 0 Å². The number of aryl methyl sites for hydroxylation is 2. The molecule has 0 unspecified atom stereocenters. The molecule has 0 radical (unpaired) electrons. The van der Waals surface area contributed by atoms with Crippen LogP contribution in [-0.4, -0.2) is 41.5 Å². The molecule has 0 saturated carbocycles. The lowest BCUT2D eigenvalue weighted by Gasteiger charge is -2.20. The van der Waals surface area contributed by atoms with Gasteiger partial charge in [-0.1, -0.05) is 12.8 Å². The molecule has 24 heavy (non-hydrogen) atoms. The predicted molar refractivity (Wildman–Crippen MR) is 90.6 cm³/mol. The van der Waals surface area contributed by atoms with Gasteiger partial charge in [-0.2, -0.15) is 5.26 Å². The van der Waals surface area contributed by atoms with Crippen LogP contribution >= 0.6 is 0 Å². The van der Waals surface area contributed by atoms with E-state index in [0.29, 0.717) is 24.6 Å². The molecule has 0 aliphatic carbocycles. The van der Waals surface area contributed by atoms with Gasteiger partial charge in [0.05, 0.1) is 6.07 Å². The highest BCUT2D eigenvalue weighted by molar-refractivity contribution is 5.76. The number of likely N-dealkylation sites (tertiary alicyclic amines) is 1. The van der Waals surface area contributed by atoms with Crippen LogP contribution in [0.4, 0.5) is 5.88 Å². The van der Waals surface area contributed by atoms with Crippen molar-refractivity contribution in [3.63, 3.8) is 0 Å². The highest BCUT2D eigenvalue weighted by Gasteiger charge is 2.29. The fraction of sp³-hybridized carbons (Fsp3) is 0.722. The second kappa shape index (κ2) is 7.69. The fourth-order valence-corrected chi connectivity index (χ4v) is 3.65. The van der Waals surface area contributed by atoms with Crippen molar-refractivity contribution in [2.45, 2.75) is 64.3 Å². The van der Waals surface area contributed by atoms with E-state index in [2.05, 4.69) is 11.1 Å². The van der Waals surface area contributed by atoms with Gasteiger partial charge in [0.1, 0.15) is 11.7 Å². The molecule has 1 atom stereocenters. The van der Waals surface area contributed by atoms with Crippen LogP contribution in [0.1, 0.15) is 56.5 Å². The Morgan fingerprint density at radius 3 is 2.71 bits per heavy atom. The first-order valence-electron chi connectivity index (χ1n) is 9.09. The van der Waals surface area contributed by atoms with Crippen LogP contribution in [0.5, 0.6) is 0 Å². The standard InChI is InChI=1S/C18H26N4O2/c1-14-18(22-12-6-7-15(22)13-19)24-16(20-14)8-9-17(23)21-10-4-2-3-5-11-21/h15H,2-12H2,1H3/t15-/m0/s1. The van der Waals surface area contributed by atoms with Gasteiger partial charge in [-0.05, 0) is 32.6 Å². The minimum atomic E-state index is -0.122. The molecule has 0 N–H and O–H groups in total. The Hall–Kier alpha value is -2.03. The summed E-state index contributed by atoms with van der Waals surface area (Å²) >= 11 is 0. The molecular formula is C18H26N4O2. The third kappa shape index (κ3) is 3.72. The van der Waals surface area contributed by atoms with Gasteiger partial charge < -0.3 is 14.2 Å². The molecule has 2 saturated heterocycles. The Balaban J connectivity index is 1.59. The molecule has 2 fully saturated rings. The predicted octanol–water partition coefficient (Wildman–Crippen LogP) is 2.81. The second-order valence-electron chi connectivity index (χ2n) is 6.77. The van der Waals surface area contributed by atoms with Crippen molar-refractivity contribution in [2.75, 3.05) is 24.5 Å². The first-order chi connectivity index (χ1) is 11.7. The Morgan fingerprint density at radius 2 is 2.00 bits per heavy atom. The smallest absolute Gasteiger partial charge is 0.223 e. The third-order valence-corrected chi connectivity index (χ3v) is 4.99. The summed E-state index contributed by atoms with van der Waals surface area (Å²) in [6.07, 6.45) is 7.52. The van der Waals surface area contributed by atoms with E-state index >= 15 is 0 Å². The Bertz CT molecular complexity index is 611. The fourth-order valence-electron chi connectivity index (χ4n) is 3.65. The summed E-state index contributed by atoms with van der Waals surface area (Å²) in [6.45, 7) is 4.50. The average molecular weight is 330 g/mol. The lowest BCUT2D eigenvalue weighted by Crippen LogP contribution is -2.31. The van der Waals surface area contributed by atoms with Gasteiger partial charge in [0.25, 0.3) is 0 Å². The third-order valence-electron chi connectivity index (χ3n) is 4.99. The van der Waals surface area contributed by atoms with Crippen molar-refractivity contribution in [3.8, 4) is 6.07 Å². The molecule has 3 heterocycles. The SMILES string of the molecule is Cc1nc(CCC(=O)N2CCCCCC2)oc1N1CCC[C@H]1C#N. The van der Waals surface area contributed by atoms with Gasteiger partial charge in [0, 0.05) is 32.5 Å². The number of carbonyl (C=O) groups excluding carboxylic acids is 1. The molecular weight excluding hydrogens is 304 g/mol. The van der Waals surface area contributed by atoms with Crippen molar-refractivity contribution in [2.24, 2.45) is 0 Å². The van der Waals surface area contributed by atoms with Crippen LogP contribution in [-0.2, 0) is 11.2 Å². The Kier molecular flexibility index (Phi) is 5.39. The van der Waals surface area contributed by atoms with E-state index < -0.39 is 0 Å². The van der Waals surface area contributed by atoms with Gasteiger partial charge in [0.15, 0.2) is 5.89 Å².